The van der Waals surface area contributed by atoms with Gasteiger partial charge in [0, 0.05) is 43.6 Å². The molecule has 0 unspecified atom stereocenters. The van der Waals surface area contributed by atoms with Crippen LogP contribution in [-0.2, 0) is 4.74 Å². The summed E-state index contributed by atoms with van der Waals surface area (Å²) < 4.78 is 5.34. The van der Waals surface area contributed by atoms with Crippen LogP contribution in [0.3, 0.4) is 0 Å². The Morgan fingerprint density at radius 2 is 2.00 bits per heavy atom. The molecule has 1 aliphatic heterocycles. The Morgan fingerprint density at radius 3 is 2.70 bits per heavy atom. The molecule has 0 amide bonds. The minimum atomic E-state index is -0.365. The van der Waals surface area contributed by atoms with Gasteiger partial charge in [0.25, 0.3) is 5.69 Å². The van der Waals surface area contributed by atoms with Crippen molar-refractivity contribution in [3.8, 4) is 0 Å². The van der Waals surface area contributed by atoms with E-state index >= 15 is 0 Å². The van der Waals surface area contributed by atoms with E-state index in [9.17, 15) is 10.1 Å². The summed E-state index contributed by atoms with van der Waals surface area (Å²) in [6.45, 7) is 8.66. The van der Waals surface area contributed by atoms with Gasteiger partial charge < -0.3 is 15.4 Å². The molecule has 0 saturated carbocycles. The second-order valence-corrected chi connectivity index (χ2v) is 6.67. The van der Waals surface area contributed by atoms with Crippen LogP contribution >= 0.6 is 0 Å². The Bertz CT molecular complexity index is 786. The number of anilines is 3. The monoisotopic (exact) mass is 371 g/mol. The van der Waals surface area contributed by atoms with E-state index in [1.807, 2.05) is 26.0 Å². The van der Waals surface area contributed by atoms with Crippen molar-refractivity contribution in [2.45, 2.75) is 13.8 Å². The minimum Gasteiger partial charge on any atom is -0.379 e. The lowest BCUT2D eigenvalue weighted by Crippen LogP contribution is -2.39. The average molecular weight is 371 g/mol. The number of hydrogen-bond acceptors (Lipinski definition) is 7. The number of nitro benzene ring substituents is 1. The molecule has 0 spiro atoms. The van der Waals surface area contributed by atoms with Crippen LogP contribution < -0.4 is 10.6 Å². The molecule has 2 heterocycles. The van der Waals surface area contributed by atoms with Gasteiger partial charge >= 0.3 is 0 Å². The predicted octanol–water partition coefficient (Wildman–Crippen LogP) is 3.09. The van der Waals surface area contributed by atoms with Gasteiger partial charge in [0.05, 0.1) is 18.1 Å². The summed E-state index contributed by atoms with van der Waals surface area (Å²) in [5.74, 6) is 0.723. The van der Waals surface area contributed by atoms with Gasteiger partial charge in [-0.1, -0.05) is 0 Å². The number of morpholine rings is 1. The van der Waals surface area contributed by atoms with E-state index in [4.69, 9.17) is 4.74 Å². The van der Waals surface area contributed by atoms with Gasteiger partial charge in [-0.15, -0.1) is 0 Å². The standard InChI is InChI=1S/C19H25N5O3/c1-14-11-15(2)21-19(12-14)22-16-3-4-18(24(25)26)17(13-16)20-5-6-23-7-9-27-10-8-23/h3-4,11-13,20H,5-10H2,1-2H3,(H,21,22). The summed E-state index contributed by atoms with van der Waals surface area (Å²) in [5, 5.41) is 17.8. The van der Waals surface area contributed by atoms with Crippen LogP contribution in [0.2, 0.25) is 0 Å². The van der Waals surface area contributed by atoms with Crippen LogP contribution in [0.15, 0.2) is 30.3 Å². The molecule has 27 heavy (non-hydrogen) atoms. The lowest BCUT2D eigenvalue weighted by molar-refractivity contribution is -0.383. The summed E-state index contributed by atoms with van der Waals surface area (Å²) in [6.07, 6.45) is 0. The van der Waals surface area contributed by atoms with Gasteiger partial charge in [0.1, 0.15) is 11.5 Å². The highest BCUT2D eigenvalue weighted by molar-refractivity contribution is 5.71. The molecule has 1 aromatic carbocycles. The number of ether oxygens (including phenoxy) is 1. The third kappa shape index (κ3) is 5.38. The van der Waals surface area contributed by atoms with Gasteiger partial charge in [-0.2, -0.15) is 0 Å². The zero-order chi connectivity index (χ0) is 19.2. The number of nitro groups is 1. The lowest BCUT2D eigenvalue weighted by atomic mass is 10.2. The van der Waals surface area contributed by atoms with Crippen molar-refractivity contribution in [3.05, 3.63) is 51.7 Å². The van der Waals surface area contributed by atoms with Crippen LogP contribution in [0.25, 0.3) is 0 Å². The first kappa shape index (κ1) is 19.1. The van der Waals surface area contributed by atoms with Gasteiger partial charge in [-0.05, 0) is 43.7 Å². The fourth-order valence-corrected chi connectivity index (χ4v) is 3.14. The van der Waals surface area contributed by atoms with Crippen molar-refractivity contribution < 1.29 is 9.66 Å². The molecule has 1 aromatic heterocycles. The molecule has 1 aliphatic rings. The van der Waals surface area contributed by atoms with Crippen molar-refractivity contribution in [2.75, 3.05) is 50.0 Å². The Morgan fingerprint density at radius 1 is 1.22 bits per heavy atom. The number of benzene rings is 1. The van der Waals surface area contributed by atoms with E-state index in [0.717, 1.165) is 55.6 Å². The van der Waals surface area contributed by atoms with Crippen LogP contribution in [0, 0.1) is 24.0 Å². The normalized spacial score (nSPS) is 14.7. The number of pyridine rings is 1. The van der Waals surface area contributed by atoms with Gasteiger partial charge in [-0.3, -0.25) is 15.0 Å². The van der Waals surface area contributed by atoms with Gasteiger partial charge in [0.2, 0.25) is 0 Å². The first-order chi connectivity index (χ1) is 13.0. The average Bonchev–Trinajstić information content (AvgIpc) is 2.62. The topological polar surface area (TPSA) is 92.6 Å². The Kier molecular flexibility index (Phi) is 6.20. The van der Waals surface area contributed by atoms with Gasteiger partial charge in [-0.25, -0.2) is 4.98 Å². The highest BCUT2D eigenvalue weighted by atomic mass is 16.6. The highest BCUT2D eigenvalue weighted by Crippen LogP contribution is 2.29. The molecule has 1 fully saturated rings. The number of hydrogen-bond donors (Lipinski definition) is 2. The third-order valence-corrected chi connectivity index (χ3v) is 4.41. The second kappa shape index (κ2) is 8.79. The highest BCUT2D eigenvalue weighted by Gasteiger charge is 2.15. The number of aryl methyl sites for hydroxylation is 2. The van der Waals surface area contributed by atoms with E-state index in [0.29, 0.717) is 12.2 Å². The van der Waals surface area contributed by atoms with E-state index in [-0.39, 0.29) is 10.6 Å². The zero-order valence-corrected chi connectivity index (χ0v) is 15.7. The number of rotatable bonds is 7. The Labute approximate surface area is 158 Å². The van der Waals surface area contributed by atoms with Crippen molar-refractivity contribution in [1.82, 2.24) is 9.88 Å². The Hall–Kier alpha value is -2.71. The summed E-state index contributed by atoms with van der Waals surface area (Å²) in [7, 11) is 0. The van der Waals surface area contributed by atoms with Crippen molar-refractivity contribution in [3.63, 3.8) is 0 Å². The molecule has 2 N–H and O–H groups in total. The molecule has 0 radical (unpaired) electrons. The largest absolute Gasteiger partial charge is 0.379 e. The number of nitrogens with zero attached hydrogens (tertiary/aromatic N) is 3. The SMILES string of the molecule is Cc1cc(C)nc(Nc2ccc([N+](=O)[O-])c(NCCN3CCOCC3)c2)c1. The molecule has 0 aliphatic carbocycles. The number of nitrogens with one attached hydrogen (secondary N) is 2. The molecule has 2 aromatic rings. The molecule has 3 rings (SSSR count). The first-order valence-electron chi connectivity index (χ1n) is 9.06. The molecule has 144 valence electrons. The van der Waals surface area contributed by atoms with Crippen LogP contribution in [0.4, 0.5) is 22.9 Å². The predicted molar refractivity (Wildman–Crippen MR) is 106 cm³/mol. The lowest BCUT2D eigenvalue weighted by Gasteiger charge is -2.26. The third-order valence-electron chi connectivity index (χ3n) is 4.41. The first-order valence-corrected chi connectivity index (χ1v) is 9.06. The second-order valence-electron chi connectivity index (χ2n) is 6.67. The molecule has 8 heteroatoms. The van der Waals surface area contributed by atoms with Gasteiger partial charge in [0.15, 0.2) is 0 Å². The molecular formula is C19H25N5O3. The molecule has 0 atom stereocenters. The maximum absolute atomic E-state index is 11.4. The zero-order valence-electron chi connectivity index (χ0n) is 15.7. The Balaban J connectivity index is 1.70. The maximum Gasteiger partial charge on any atom is 0.292 e. The fraction of sp³-hybridized carbons (Fsp3) is 0.421. The smallest absolute Gasteiger partial charge is 0.292 e. The van der Waals surface area contributed by atoms with Crippen molar-refractivity contribution >= 4 is 22.9 Å². The quantitative estimate of drug-likeness (QED) is 0.571. The summed E-state index contributed by atoms with van der Waals surface area (Å²) in [5.41, 5.74) is 3.35. The van der Waals surface area contributed by atoms with Crippen molar-refractivity contribution in [1.29, 1.82) is 0 Å². The summed E-state index contributed by atoms with van der Waals surface area (Å²) in [4.78, 5) is 17.7. The molecule has 1 saturated heterocycles. The summed E-state index contributed by atoms with van der Waals surface area (Å²) >= 11 is 0. The molecule has 0 bridgehead atoms. The van der Waals surface area contributed by atoms with E-state index in [1.165, 1.54) is 6.07 Å². The van der Waals surface area contributed by atoms with E-state index in [2.05, 4.69) is 20.5 Å². The van der Waals surface area contributed by atoms with Crippen LogP contribution in [-0.4, -0.2) is 54.2 Å². The van der Waals surface area contributed by atoms with Crippen LogP contribution in [0.1, 0.15) is 11.3 Å². The maximum atomic E-state index is 11.4. The fourth-order valence-electron chi connectivity index (χ4n) is 3.14. The molecular weight excluding hydrogens is 346 g/mol. The van der Waals surface area contributed by atoms with E-state index < -0.39 is 0 Å². The van der Waals surface area contributed by atoms with Crippen LogP contribution in [0.5, 0.6) is 0 Å². The van der Waals surface area contributed by atoms with Crippen molar-refractivity contribution in [2.24, 2.45) is 0 Å². The number of aromatic nitrogens is 1. The summed E-state index contributed by atoms with van der Waals surface area (Å²) in [6, 6.07) is 8.92. The van der Waals surface area contributed by atoms with E-state index in [1.54, 1.807) is 12.1 Å². The molecule has 8 nitrogen and oxygen atoms in total. The minimum absolute atomic E-state index is 0.0657.